The molecule has 0 spiro atoms. The van der Waals surface area contributed by atoms with Crippen LogP contribution in [-0.4, -0.2) is 13.3 Å². The zero-order valence-electron chi connectivity index (χ0n) is 8.48. The molecule has 0 aliphatic heterocycles. The summed E-state index contributed by atoms with van der Waals surface area (Å²) in [5.41, 5.74) is 2.41. The third-order valence-corrected chi connectivity index (χ3v) is 4.65. The third-order valence-electron chi connectivity index (χ3n) is 1.90. The van der Waals surface area contributed by atoms with Gasteiger partial charge in [0.25, 0.3) is 0 Å². The molecule has 4 nitrogen and oxygen atoms in total. The van der Waals surface area contributed by atoms with E-state index in [2.05, 4.69) is 35.0 Å². The van der Waals surface area contributed by atoms with Crippen molar-refractivity contribution in [2.45, 2.75) is 13.8 Å². The molecule has 2 unspecified atom stereocenters. The van der Waals surface area contributed by atoms with Gasteiger partial charge in [0.05, 0.1) is 8.51 Å². The van der Waals surface area contributed by atoms with Gasteiger partial charge in [-0.15, -0.1) is 4.26 Å². The highest BCUT2D eigenvalue weighted by atomic mass is 31.1. The lowest BCUT2D eigenvalue weighted by Gasteiger charge is -2.09. The molecule has 1 aromatic heterocycles. The molecule has 1 heterocycles. The minimum Gasteiger partial charge on any atom is -0.366 e. The quantitative estimate of drug-likeness (QED) is 0.897. The number of aryl methyl sites for hydroxylation is 2. The summed E-state index contributed by atoms with van der Waals surface area (Å²) in [4.78, 5) is 5.72. The Hall–Kier alpha value is -0.680. The first-order chi connectivity index (χ1) is 7.25. The molecule has 2 aromatic rings. The number of hydrogen-bond donors (Lipinski definition) is 1. The maximum Gasteiger partial charge on any atom is 0.182 e. The largest absolute Gasteiger partial charge is 0.366 e. The van der Waals surface area contributed by atoms with Gasteiger partial charge in [-0.05, 0) is 25.5 Å². The molecule has 0 aliphatic rings. The Bertz CT molecular complexity index is 466. The van der Waals surface area contributed by atoms with Crippen LogP contribution in [0.5, 0.6) is 5.75 Å². The van der Waals surface area contributed by atoms with E-state index in [1.54, 1.807) is 0 Å². The van der Waals surface area contributed by atoms with Crippen LogP contribution in [-0.2, 0) is 0 Å². The number of aromatic nitrogens is 3. The topological polar surface area (TPSA) is 42.8 Å². The van der Waals surface area contributed by atoms with E-state index in [1.807, 2.05) is 10.3 Å². The molecule has 1 N–H and O–H groups in total. The highest BCUT2D eigenvalue weighted by Crippen LogP contribution is 2.22. The van der Waals surface area contributed by atoms with Crippen molar-refractivity contribution in [1.82, 2.24) is 13.3 Å². The molecule has 0 radical (unpaired) electrons. The summed E-state index contributed by atoms with van der Waals surface area (Å²) in [6.07, 6.45) is 0. The molecule has 0 saturated carbocycles. The van der Waals surface area contributed by atoms with Crippen molar-refractivity contribution in [3.8, 4) is 5.75 Å². The van der Waals surface area contributed by atoms with Crippen LogP contribution in [0.2, 0.25) is 0 Å². The standard InChI is InChI=1S/C8H12N3OP3/c1-6-3-4-8(7(2)5-6)12-11-14-9-13-10-15-11/h3-5,9,13-14H,1-2H3. The number of aromatic amines is 1. The van der Waals surface area contributed by atoms with Crippen LogP contribution < -0.4 is 4.84 Å². The Kier molecular flexibility index (Phi) is 3.53. The normalized spacial score (nSPS) is 11.6. The lowest BCUT2D eigenvalue weighted by atomic mass is 10.1. The summed E-state index contributed by atoms with van der Waals surface area (Å²) in [6, 6.07) is 6.17. The average molecular weight is 259 g/mol. The molecule has 0 amide bonds. The molecule has 7 heteroatoms. The second kappa shape index (κ2) is 4.90. The lowest BCUT2D eigenvalue weighted by Crippen LogP contribution is -1.99. The van der Waals surface area contributed by atoms with Crippen molar-refractivity contribution in [3.05, 3.63) is 29.3 Å². The highest BCUT2D eigenvalue weighted by Gasteiger charge is 2.00. The molecule has 0 bridgehead atoms. The average Bonchev–Trinajstić information content (AvgIpc) is 2.24. The predicted molar refractivity (Wildman–Crippen MR) is 67.7 cm³/mol. The summed E-state index contributed by atoms with van der Waals surface area (Å²) < 4.78 is 9.18. The Morgan fingerprint density at radius 3 is 3.00 bits per heavy atom. The molecule has 1 aromatic carbocycles. The first-order valence-electron chi connectivity index (χ1n) is 4.47. The van der Waals surface area contributed by atoms with Gasteiger partial charge in [-0.3, -0.25) is 0 Å². The van der Waals surface area contributed by atoms with Crippen LogP contribution in [0.1, 0.15) is 11.1 Å². The van der Waals surface area contributed by atoms with Crippen LogP contribution in [0.4, 0.5) is 0 Å². The minimum absolute atomic E-state index is 0.479. The summed E-state index contributed by atoms with van der Waals surface area (Å²) >= 11 is 0. The number of hydrogen-bond acceptors (Lipinski definition) is 2. The fraction of sp³-hybridized carbons (Fsp3) is 0.250. The highest BCUT2D eigenvalue weighted by molar-refractivity contribution is 7.44. The molecule has 2 atom stereocenters. The van der Waals surface area contributed by atoms with Crippen molar-refractivity contribution in [1.29, 1.82) is 0 Å². The zero-order valence-corrected chi connectivity index (χ0v) is 11.4. The fourth-order valence-electron chi connectivity index (χ4n) is 1.22. The van der Waals surface area contributed by atoms with E-state index < -0.39 is 0 Å². The van der Waals surface area contributed by atoms with Gasteiger partial charge >= 0.3 is 0 Å². The molecular formula is C8H12N3OP3. The molecule has 80 valence electrons. The summed E-state index contributed by atoms with van der Waals surface area (Å²) in [6.45, 7) is 4.13. The first-order valence-corrected chi connectivity index (χ1v) is 7.17. The zero-order chi connectivity index (χ0) is 10.7. The van der Waals surface area contributed by atoms with E-state index in [4.69, 9.17) is 4.84 Å². The van der Waals surface area contributed by atoms with Crippen LogP contribution in [0.15, 0.2) is 18.2 Å². The second-order valence-corrected chi connectivity index (χ2v) is 6.74. The van der Waals surface area contributed by atoms with E-state index in [0.717, 1.165) is 19.8 Å². The van der Waals surface area contributed by atoms with Crippen LogP contribution in [0.3, 0.4) is 0 Å². The molecule has 0 fully saturated rings. The summed E-state index contributed by atoms with van der Waals surface area (Å²) in [5.74, 6) is 0.905. The predicted octanol–water partition coefficient (Wildman–Crippen LogP) is 3.44. The van der Waals surface area contributed by atoms with Gasteiger partial charge in [0.2, 0.25) is 0 Å². The van der Waals surface area contributed by atoms with Crippen molar-refractivity contribution >= 4 is 25.5 Å². The second-order valence-electron chi connectivity index (χ2n) is 3.17. The summed E-state index contributed by atoms with van der Waals surface area (Å²) in [7, 11) is 1.87. The fourth-order valence-corrected chi connectivity index (χ4v) is 4.26. The van der Waals surface area contributed by atoms with Crippen LogP contribution in [0, 0.1) is 13.8 Å². The molecule has 0 aliphatic carbocycles. The van der Waals surface area contributed by atoms with E-state index in [1.165, 1.54) is 5.56 Å². The van der Waals surface area contributed by atoms with Crippen molar-refractivity contribution < 1.29 is 4.84 Å². The van der Waals surface area contributed by atoms with Gasteiger partial charge in [0.15, 0.2) is 14.3 Å². The summed E-state index contributed by atoms with van der Waals surface area (Å²) in [5, 5.41) is 0. The van der Waals surface area contributed by atoms with Gasteiger partial charge in [-0.1, -0.05) is 17.7 Å². The van der Waals surface area contributed by atoms with Crippen molar-refractivity contribution in [2.24, 2.45) is 0 Å². The number of nitrogens with zero attached hydrogens (tertiary/aromatic N) is 2. The number of rotatable bonds is 2. The Morgan fingerprint density at radius 1 is 1.47 bits per heavy atom. The molecule has 0 saturated heterocycles. The number of nitrogens with one attached hydrogen (secondary N) is 1. The Morgan fingerprint density at radius 2 is 2.33 bits per heavy atom. The van der Waals surface area contributed by atoms with Crippen molar-refractivity contribution in [2.75, 3.05) is 0 Å². The van der Waals surface area contributed by atoms with Gasteiger partial charge in [-0.25, -0.2) is 0 Å². The monoisotopic (exact) mass is 259 g/mol. The molecule has 15 heavy (non-hydrogen) atoms. The van der Waals surface area contributed by atoms with Gasteiger partial charge in [-0.2, -0.15) is 4.51 Å². The maximum absolute atomic E-state index is 5.72. The van der Waals surface area contributed by atoms with Crippen LogP contribution >= 0.6 is 25.5 Å². The van der Waals surface area contributed by atoms with E-state index in [9.17, 15) is 0 Å². The smallest absolute Gasteiger partial charge is 0.182 e. The van der Waals surface area contributed by atoms with E-state index >= 15 is 0 Å². The molecular weight excluding hydrogens is 247 g/mol. The maximum atomic E-state index is 5.72. The minimum atomic E-state index is 0.479. The third kappa shape index (κ3) is 2.89. The van der Waals surface area contributed by atoms with Crippen molar-refractivity contribution in [3.63, 3.8) is 0 Å². The Labute approximate surface area is 93.0 Å². The van der Waals surface area contributed by atoms with Crippen LogP contribution in [0.25, 0.3) is 0 Å². The first kappa shape index (κ1) is 10.8. The number of H-pyrrole nitrogens is 1. The van der Waals surface area contributed by atoms with Gasteiger partial charge in [0, 0.05) is 8.51 Å². The van der Waals surface area contributed by atoms with Gasteiger partial charge in [0.1, 0.15) is 0 Å². The van der Waals surface area contributed by atoms with Gasteiger partial charge < -0.3 is 9.35 Å². The SMILES string of the molecule is Cc1ccc(On2pn[pH][nH][pH]2)c(C)c1. The lowest BCUT2D eigenvalue weighted by molar-refractivity contribution is 0.275. The molecule has 2 rings (SSSR count). The van der Waals surface area contributed by atoms with E-state index in [0.29, 0.717) is 17.0 Å². The number of benzene rings is 1. The van der Waals surface area contributed by atoms with E-state index in [-0.39, 0.29) is 0 Å². The Balaban J connectivity index is 2.25.